The van der Waals surface area contributed by atoms with E-state index in [0.717, 1.165) is 103 Å². The van der Waals surface area contributed by atoms with Crippen LogP contribution < -0.4 is 26.2 Å². The van der Waals surface area contributed by atoms with Crippen LogP contribution in [0.3, 0.4) is 0 Å². The molecule has 4 N–H and O–H groups in total. The van der Waals surface area contributed by atoms with Crippen LogP contribution in [0.1, 0.15) is 190 Å². The Balaban J connectivity index is 0.759. The van der Waals surface area contributed by atoms with Crippen molar-refractivity contribution in [1.29, 1.82) is 0 Å². The highest BCUT2D eigenvalue weighted by Crippen LogP contribution is 2.67. The van der Waals surface area contributed by atoms with Crippen LogP contribution in [0.25, 0.3) is 5.57 Å². The molecule has 4 aliphatic rings. The summed E-state index contributed by atoms with van der Waals surface area (Å²) < 4.78 is 84.6. The minimum absolute atomic E-state index is 0.0367. The van der Waals surface area contributed by atoms with Crippen LogP contribution in [0.5, 0.6) is 0 Å². The van der Waals surface area contributed by atoms with Gasteiger partial charge in [-0.1, -0.05) is 91.7 Å². The van der Waals surface area contributed by atoms with E-state index in [4.69, 9.17) is 38.5 Å². The second-order valence-electron chi connectivity index (χ2n) is 28.6. The number of anilines is 2. The molecule has 1 fully saturated rings. The standard InChI is InChI=1S/C76H98F2N5O17P/c1-48(53-30-32-58(33-31-53)76(77,78)101(93,99-46-97-72(91)74(4,5)6)100-47-98-73(92)75(7,8)9)42-59(84)43-57-29-28-55-20-14-21-56-44-63(83(67(55)56)71(57)90)69(88)80-60(34-36-64(79)85)50(3)96-45-52-26-24-51(25-27-52)18-16-40-94-38-12-10-11-13-39-95-41-17-22-54-19-15-23-61-66(54)49(2)70(89)82(61)62-35-37-65(86)81-68(62)87/h14-15,19-21,23-27,30-33,42,49-50,57,60,62-63H,10-13,16-18,22,28-29,34-41,43-47H2,1-9H3,(H2,79,85)(H,80,88)(H,81,86,87)/b48-42+/t49?,50-,57-,60+,62?,63+/m1/s1. The van der Waals surface area contributed by atoms with Gasteiger partial charge in [0.2, 0.25) is 49.0 Å². The molecule has 548 valence electrons. The van der Waals surface area contributed by atoms with Gasteiger partial charge in [-0.15, -0.1) is 0 Å². The zero-order valence-electron chi connectivity index (χ0n) is 59.5. The van der Waals surface area contributed by atoms with Crippen LogP contribution in [-0.4, -0.2) is 117 Å². The largest absolute Gasteiger partial charge is 0.438 e. The first-order chi connectivity index (χ1) is 47.9. The summed E-state index contributed by atoms with van der Waals surface area (Å²) in [6.07, 6.45) is 9.33. The van der Waals surface area contributed by atoms with Crippen molar-refractivity contribution in [2.75, 3.05) is 49.8 Å². The number of unbranched alkanes of at least 4 members (excludes halogenated alkanes) is 3. The quantitative estimate of drug-likeness (QED) is 0.00944. The molecule has 4 aliphatic heterocycles. The maximum Gasteiger partial charge on any atom is 0.410 e. The molecule has 22 nitrogen and oxygen atoms in total. The maximum atomic E-state index is 16.3. The zero-order valence-corrected chi connectivity index (χ0v) is 60.4. The van der Waals surface area contributed by atoms with E-state index in [-0.39, 0.29) is 56.4 Å². The molecule has 1 saturated heterocycles. The van der Waals surface area contributed by atoms with Gasteiger partial charge in [0.15, 0.2) is 5.78 Å². The van der Waals surface area contributed by atoms with Gasteiger partial charge in [0.1, 0.15) is 12.1 Å². The molecule has 0 saturated carbocycles. The second kappa shape index (κ2) is 35.4. The van der Waals surface area contributed by atoms with Gasteiger partial charge in [-0.3, -0.25) is 71.9 Å². The Labute approximate surface area is 590 Å². The van der Waals surface area contributed by atoms with Gasteiger partial charge in [-0.25, -0.2) is 0 Å². The number of piperidine rings is 1. The molecule has 4 aromatic carbocycles. The number of nitrogens with one attached hydrogen (secondary N) is 2. The second-order valence-corrected chi connectivity index (χ2v) is 30.7. The number of hydrogen-bond acceptors (Lipinski definition) is 17. The molecule has 8 rings (SSSR count). The molecule has 0 aromatic heterocycles. The molecular weight excluding hydrogens is 1320 g/mol. The number of ether oxygens (including phenoxy) is 5. The van der Waals surface area contributed by atoms with E-state index >= 15 is 8.78 Å². The van der Waals surface area contributed by atoms with Crippen LogP contribution in [0, 0.1) is 16.7 Å². The summed E-state index contributed by atoms with van der Waals surface area (Å²) in [4.78, 5) is 121. The topological polar surface area (TPSA) is 292 Å². The number of fused-ring (bicyclic) bond motifs is 1. The number of para-hydroxylation sites is 1. The van der Waals surface area contributed by atoms with E-state index in [1.54, 1.807) is 11.8 Å². The SMILES string of the molecule is C/C(=C\C(=O)C[C@H]1CCc2cccc3c2N(C1=O)[C@H](C(=O)N[C@@H](CCC(N)=O)[C@@H](C)OCc1ccc(CCCOCCCCCCOCCCc2cccc4c2C(C)C(=O)N4C2CCC(=O)NC2=O)cc1)C3)c1ccc(C(F)(F)P(=O)(OCOC(=O)C(C)(C)C)OCOC(=O)C(C)(C)C)cc1. The van der Waals surface area contributed by atoms with Crippen LogP contribution in [0.2, 0.25) is 0 Å². The van der Waals surface area contributed by atoms with Crippen LogP contribution in [-0.2, 0) is 118 Å². The van der Waals surface area contributed by atoms with Crippen molar-refractivity contribution in [2.24, 2.45) is 22.5 Å². The molecular formula is C76H98F2N5O17P. The van der Waals surface area contributed by atoms with Crippen molar-refractivity contribution in [3.63, 3.8) is 0 Å². The fraction of sp³-hybridized carbons (Fsp3) is 0.539. The van der Waals surface area contributed by atoms with Gasteiger partial charge in [-0.05, 0) is 183 Å². The molecule has 0 bridgehead atoms. The summed E-state index contributed by atoms with van der Waals surface area (Å²) in [5.74, 6) is -5.58. The van der Waals surface area contributed by atoms with Gasteiger partial charge in [0, 0.05) is 69.3 Å². The van der Waals surface area contributed by atoms with Gasteiger partial charge in [0.25, 0.3) is 0 Å². The van der Waals surface area contributed by atoms with Crippen LogP contribution in [0.4, 0.5) is 20.2 Å². The Morgan fingerprint density at radius 3 is 1.93 bits per heavy atom. The maximum absolute atomic E-state index is 16.3. The van der Waals surface area contributed by atoms with Crippen molar-refractivity contribution in [3.8, 4) is 0 Å². The van der Waals surface area contributed by atoms with Crippen molar-refractivity contribution in [3.05, 3.63) is 136 Å². The number of benzene rings is 4. The van der Waals surface area contributed by atoms with Crippen LogP contribution >= 0.6 is 7.60 Å². The molecule has 0 radical (unpaired) electrons. The number of hydrogen-bond donors (Lipinski definition) is 3. The number of nitrogens with two attached hydrogens (primary N) is 1. The number of allylic oxidation sites excluding steroid dienone is 2. The highest BCUT2D eigenvalue weighted by Gasteiger charge is 2.56. The van der Waals surface area contributed by atoms with Crippen LogP contribution in [0.15, 0.2) is 91.0 Å². The Kier molecular flexibility index (Phi) is 27.6. The van der Waals surface area contributed by atoms with Gasteiger partial charge in [0.05, 0.1) is 41.2 Å². The van der Waals surface area contributed by atoms with Crippen molar-refractivity contribution in [1.82, 2.24) is 10.6 Å². The number of rotatable bonds is 37. The highest BCUT2D eigenvalue weighted by atomic mass is 31.2. The lowest BCUT2D eigenvalue weighted by Crippen LogP contribution is -2.54. The molecule has 6 atom stereocenters. The Hall–Kier alpha value is -7.86. The molecule has 6 amide bonds. The first kappa shape index (κ1) is 78.9. The summed E-state index contributed by atoms with van der Waals surface area (Å²) in [5, 5.41) is 5.46. The summed E-state index contributed by atoms with van der Waals surface area (Å²) >= 11 is 0. The average molecular weight is 1420 g/mol. The van der Waals surface area contributed by atoms with E-state index in [2.05, 4.69) is 22.8 Å². The first-order valence-corrected chi connectivity index (χ1v) is 36.5. The van der Waals surface area contributed by atoms with Gasteiger partial charge < -0.3 is 34.7 Å². The Morgan fingerprint density at radius 1 is 0.723 bits per heavy atom. The molecule has 4 heterocycles. The number of alkyl halides is 2. The summed E-state index contributed by atoms with van der Waals surface area (Å²) in [5.41, 5.74) is 6.15. The number of esters is 2. The zero-order chi connectivity index (χ0) is 73.4. The van der Waals surface area contributed by atoms with Crippen molar-refractivity contribution < 1.29 is 89.2 Å². The van der Waals surface area contributed by atoms with E-state index in [0.29, 0.717) is 62.5 Å². The number of aryl methyl sites for hydroxylation is 3. The third kappa shape index (κ3) is 20.7. The van der Waals surface area contributed by atoms with E-state index in [9.17, 15) is 47.7 Å². The predicted octanol–water partition coefficient (Wildman–Crippen LogP) is 11.7. The highest BCUT2D eigenvalue weighted by molar-refractivity contribution is 7.54. The van der Waals surface area contributed by atoms with Gasteiger partial charge >= 0.3 is 25.2 Å². The first-order valence-electron chi connectivity index (χ1n) is 35.0. The molecule has 0 aliphatic carbocycles. The number of carbonyl (C=O) groups is 9. The lowest BCUT2D eigenvalue weighted by Gasteiger charge is -2.31. The normalized spacial score (nSPS) is 18.5. The third-order valence-electron chi connectivity index (χ3n) is 18.7. The number of amides is 6. The molecule has 25 heteroatoms. The fourth-order valence-electron chi connectivity index (χ4n) is 12.8. The summed E-state index contributed by atoms with van der Waals surface area (Å²) in [6, 6.07) is 21.7. The Morgan fingerprint density at radius 2 is 1.32 bits per heavy atom. The molecule has 101 heavy (non-hydrogen) atoms. The number of halogens is 2. The van der Waals surface area contributed by atoms with Crippen molar-refractivity contribution in [2.45, 2.75) is 207 Å². The molecule has 2 unspecified atom stereocenters. The number of primary amides is 1. The minimum Gasteiger partial charge on any atom is -0.438 e. The average Bonchev–Trinajstić information content (AvgIpc) is 1.46. The lowest BCUT2D eigenvalue weighted by molar-refractivity contribution is -0.163. The molecule has 0 spiro atoms. The Bertz CT molecular complexity index is 3680. The van der Waals surface area contributed by atoms with Gasteiger partial charge in [-0.2, -0.15) is 8.78 Å². The number of imide groups is 1. The summed E-state index contributed by atoms with van der Waals surface area (Å²) in [7, 11) is -5.59. The summed E-state index contributed by atoms with van der Waals surface area (Å²) in [6.45, 7) is 14.9. The number of nitrogens with zero attached hydrogens (tertiary/aromatic N) is 2. The van der Waals surface area contributed by atoms with Crippen molar-refractivity contribution >= 4 is 77.7 Å². The lowest BCUT2D eigenvalue weighted by atomic mass is 9.92. The minimum atomic E-state index is -5.59. The number of carbonyl (C=O) groups excluding carboxylic acids is 9. The fourth-order valence-corrected chi connectivity index (χ4v) is 14.1. The van der Waals surface area contributed by atoms with E-state index in [1.165, 1.54) is 64.7 Å². The van der Waals surface area contributed by atoms with E-state index in [1.807, 2.05) is 62.4 Å². The van der Waals surface area contributed by atoms with E-state index < -0.39 is 115 Å². The third-order valence-corrected chi connectivity index (χ3v) is 20.5. The smallest absolute Gasteiger partial charge is 0.410 e. The molecule has 4 aromatic rings. The number of ketones is 1. The monoisotopic (exact) mass is 1420 g/mol. The predicted molar refractivity (Wildman–Crippen MR) is 374 cm³/mol.